The summed E-state index contributed by atoms with van der Waals surface area (Å²) in [6.45, 7) is 0. The predicted molar refractivity (Wildman–Crippen MR) is 67.7 cm³/mol. The van der Waals surface area contributed by atoms with Gasteiger partial charge in [0.15, 0.2) is 5.57 Å². The lowest BCUT2D eigenvalue weighted by Gasteiger charge is -2.04. The number of nitro groups is 1. The van der Waals surface area contributed by atoms with Crippen LogP contribution in [-0.4, -0.2) is 10.5 Å². The van der Waals surface area contributed by atoms with Crippen molar-refractivity contribution in [1.82, 2.24) is 0 Å². The minimum atomic E-state index is -1.63. The summed E-state index contributed by atoms with van der Waals surface area (Å²) in [6.07, 6.45) is -0.848. The molecule has 102 valence electrons. The maximum atomic E-state index is 10.7. The van der Waals surface area contributed by atoms with E-state index in [9.17, 15) is 15.4 Å². The number of allylic oxidation sites excluding steroid dienone is 1. The Morgan fingerprint density at radius 2 is 2.05 bits per heavy atom. The summed E-state index contributed by atoms with van der Waals surface area (Å²) in [6, 6.07) is 10.6. The van der Waals surface area contributed by atoms with Crippen LogP contribution in [0, 0.1) is 44.1 Å². The normalized spacial score (nSPS) is 22.2. The molecule has 0 radical (unpaired) electrons. The first-order chi connectivity index (χ1) is 10.00. The van der Waals surface area contributed by atoms with Gasteiger partial charge in [0.1, 0.15) is 24.3 Å². The fraction of sp³-hybridized carbons (Fsp3) is 0.154. The monoisotopic (exact) mass is 281 g/mol. The van der Waals surface area contributed by atoms with E-state index in [1.807, 2.05) is 6.07 Å². The third kappa shape index (κ3) is 2.14. The smallest absolute Gasteiger partial charge is 0.269 e. The first-order valence-electron chi connectivity index (χ1n) is 5.64. The fourth-order valence-electron chi connectivity index (χ4n) is 1.94. The van der Waals surface area contributed by atoms with Crippen LogP contribution in [0.4, 0.5) is 5.69 Å². The quantitative estimate of drug-likeness (QED) is 0.377. The van der Waals surface area contributed by atoms with Crippen LogP contribution in [0.3, 0.4) is 0 Å². The van der Waals surface area contributed by atoms with E-state index in [0.29, 0.717) is 5.56 Å². The van der Waals surface area contributed by atoms with E-state index in [2.05, 4.69) is 0 Å². The molecular weight excluding hydrogens is 274 g/mol. The minimum Gasteiger partial charge on any atom is -0.397 e. The number of hydrogen-bond acceptors (Lipinski definition) is 7. The second-order valence-corrected chi connectivity index (χ2v) is 4.21. The number of benzene rings is 1. The van der Waals surface area contributed by atoms with Crippen molar-refractivity contribution in [3.63, 3.8) is 0 Å². The van der Waals surface area contributed by atoms with E-state index < -0.39 is 22.2 Å². The molecule has 1 aromatic rings. The summed E-state index contributed by atoms with van der Waals surface area (Å²) >= 11 is 0. The summed E-state index contributed by atoms with van der Waals surface area (Å²) in [5.41, 5.74) is 3.57. The molecule has 2 N–H and O–H groups in total. The lowest BCUT2D eigenvalue weighted by molar-refractivity contribution is -0.384. The number of nitriles is 3. The molecule has 0 saturated carbocycles. The first-order valence-corrected chi connectivity index (χ1v) is 5.64. The predicted octanol–water partition coefficient (Wildman–Crippen LogP) is 1.19. The van der Waals surface area contributed by atoms with Gasteiger partial charge in [-0.05, 0) is 5.56 Å². The molecule has 0 bridgehead atoms. The highest BCUT2D eigenvalue weighted by molar-refractivity contribution is 5.52. The zero-order chi connectivity index (χ0) is 15.6. The van der Waals surface area contributed by atoms with E-state index in [-0.39, 0.29) is 11.4 Å². The Morgan fingerprint density at radius 3 is 2.57 bits per heavy atom. The van der Waals surface area contributed by atoms with Crippen LogP contribution in [-0.2, 0) is 4.74 Å². The van der Waals surface area contributed by atoms with Crippen molar-refractivity contribution in [1.29, 1.82) is 15.8 Å². The zero-order valence-corrected chi connectivity index (χ0v) is 10.5. The van der Waals surface area contributed by atoms with Gasteiger partial charge < -0.3 is 10.5 Å². The van der Waals surface area contributed by atoms with Crippen molar-refractivity contribution >= 4 is 5.69 Å². The maximum absolute atomic E-state index is 10.7. The van der Waals surface area contributed by atoms with Crippen LogP contribution in [0.1, 0.15) is 11.7 Å². The molecule has 21 heavy (non-hydrogen) atoms. The largest absolute Gasteiger partial charge is 0.397 e. The molecule has 1 aliphatic rings. The van der Waals surface area contributed by atoms with Gasteiger partial charge in [-0.15, -0.1) is 0 Å². The molecule has 1 heterocycles. The van der Waals surface area contributed by atoms with Gasteiger partial charge in [0.25, 0.3) is 5.69 Å². The van der Waals surface area contributed by atoms with E-state index in [0.717, 1.165) is 0 Å². The van der Waals surface area contributed by atoms with Crippen LogP contribution >= 0.6 is 0 Å². The Labute approximate surface area is 119 Å². The zero-order valence-electron chi connectivity index (χ0n) is 10.5. The fourth-order valence-corrected chi connectivity index (χ4v) is 1.94. The van der Waals surface area contributed by atoms with Crippen LogP contribution in [0.15, 0.2) is 35.5 Å². The Morgan fingerprint density at radius 1 is 1.38 bits per heavy atom. The molecule has 1 aromatic carbocycles. The van der Waals surface area contributed by atoms with Gasteiger partial charge in [0.05, 0.1) is 10.6 Å². The van der Waals surface area contributed by atoms with Crippen LogP contribution in [0.25, 0.3) is 0 Å². The highest BCUT2D eigenvalue weighted by Crippen LogP contribution is 2.53. The summed E-state index contributed by atoms with van der Waals surface area (Å²) in [4.78, 5) is 10.2. The maximum Gasteiger partial charge on any atom is 0.269 e. The van der Waals surface area contributed by atoms with Crippen molar-refractivity contribution in [2.24, 2.45) is 5.73 Å². The van der Waals surface area contributed by atoms with Crippen LogP contribution in [0.2, 0.25) is 0 Å². The number of hydrogen-bond donors (Lipinski definition) is 1. The Balaban J connectivity index is 2.44. The SMILES string of the molecule is N#CC(C#N)=C(N)[C@]1(C#N)O[C@H]1c1cccc([N+](=O)[O-])c1. The van der Waals surface area contributed by atoms with E-state index in [4.69, 9.17) is 21.0 Å². The lowest BCUT2D eigenvalue weighted by atomic mass is 9.95. The number of nitro benzene ring substituents is 1. The standard InChI is InChI=1S/C13H7N5O3/c14-5-9(6-15)11(17)13(7-16)12(21-13)8-2-1-3-10(4-8)18(19)20/h1-4,12H,17H2/t12-,13-/m0/s1. The Hall–Kier alpha value is -3.41. The molecule has 2 atom stereocenters. The second kappa shape index (κ2) is 4.93. The molecule has 8 heteroatoms. The van der Waals surface area contributed by atoms with E-state index in [1.165, 1.54) is 18.2 Å². The average molecular weight is 281 g/mol. The van der Waals surface area contributed by atoms with Crippen molar-refractivity contribution < 1.29 is 9.66 Å². The molecule has 8 nitrogen and oxygen atoms in total. The summed E-state index contributed by atoms with van der Waals surface area (Å²) in [7, 11) is 0. The molecule has 2 rings (SSSR count). The number of non-ortho nitro benzene ring substituents is 1. The third-order valence-electron chi connectivity index (χ3n) is 3.06. The molecule has 1 aliphatic heterocycles. The van der Waals surface area contributed by atoms with Crippen molar-refractivity contribution in [3.05, 3.63) is 51.2 Å². The molecule has 0 amide bonds. The van der Waals surface area contributed by atoms with E-state index >= 15 is 0 Å². The van der Waals surface area contributed by atoms with Gasteiger partial charge in [-0.25, -0.2) is 0 Å². The third-order valence-corrected chi connectivity index (χ3v) is 3.06. The Bertz CT molecular complexity index is 764. The topological polar surface area (TPSA) is 153 Å². The van der Waals surface area contributed by atoms with Gasteiger partial charge in [0.2, 0.25) is 5.60 Å². The number of ether oxygens (including phenoxy) is 1. The molecule has 0 aromatic heterocycles. The first kappa shape index (κ1) is 14.0. The number of rotatable bonds is 3. The van der Waals surface area contributed by atoms with Gasteiger partial charge in [-0.1, -0.05) is 12.1 Å². The van der Waals surface area contributed by atoms with Crippen molar-refractivity contribution in [2.45, 2.75) is 11.7 Å². The molecule has 0 spiro atoms. The molecule has 0 aliphatic carbocycles. The van der Waals surface area contributed by atoms with Crippen molar-refractivity contribution in [3.8, 4) is 18.2 Å². The summed E-state index contributed by atoms with van der Waals surface area (Å²) < 4.78 is 5.25. The second-order valence-electron chi connectivity index (χ2n) is 4.21. The van der Waals surface area contributed by atoms with E-state index in [1.54, 1.807) is 18.2 Å². The van der Waals surface area contributed by atoms with Crippen molar-refractivity contribution in [2.75, 3.05) is 0 Å². The average Bonchev–Trinajstić information content (AvgIpc) is 3.24. The Kier molecular flexibility index (Phi) is 3.29. The minimum absolute atomic E-state index is 0.154. The van der Waals surface area contributed by atoms with Crippen LogP contribution < -0.4 is 5.73 Å². The molecule has 0 unspecified atom stereocenters. The number of nitrogens with zero attached hydrogens (tertiary/aromatic N) is 4. The van der Waals surface area contributed by atoms with Gasteiger partial charge in [-0.2, -0.15) is 15.8 Å². The number of nitrogens with two attached hydrogens (primary N) is 1. The number of epoxide rings is 1. The van der Waals surface area contributed by atoms with Gasteiger partial charge >= 0.3 is 0 Å². The van der Waals surface area contributed by atoms with Gasteiger partial charge in [-0.3, -0.25) is 10.1 Å². The molecule has 1 saturated heterocycles. The highest BCUT2D eigenvalue weighted by atomic mass is 16.6. The molecular formula is C13H7N5O3. The molecule has 1 fully saturated rings. The van der Waals surface area contributed by atoms with Crippen LogP contribution in [0.5, 0.6) is 0 Å². The van der Waals surface area contributed by atoms with Gasteiger partial charge in [0, 0.05) is 12.1 Å². The lowest BCUT2D eigenvalue weighted by Crippen LogP contribution is -2.22. The summed E-state index contributed by atoms with van der Waals surface area (Å²) in [5.74, 6) is 0. The summed E-state index contributed by atoms with van der Waals surface area (Å²) in [5, 5.41) is 37.6. The highest BCUT2D eigenvalue weighted by Gasteiger charge is 2.62.